The van der Waals surface area contributed by atoms with Crippen molar-refractivity contribution in [2.24, 2.45) is 5.92 Å². The van der Waals surface area contributed by atoms with E-state index in [0.717, 1.165) is 29.7 Å². The Balaban J connectivity index is 1.57. The van der Waals surface area contributed by atoms with Crippen molar-refractivity contribution in [1.29, 1.82) is 0 Å². The number of hydrogen-bond donors (Lipinski definition) is 2. The van der Waals surface area contributed by atoms with Crippen molar-refractivity contribution in [3.8, 4) is 5.75 Å². The van der Waals surface area contributed by atoms with Crippen LogP contribution < -0.4 is 10.1 Å². The molecule has 1 aromatic heterocycles. The lowest BCUT2D eigenvalue weighted by molar-refractivity contribution is -0.139. The molecular formula is C19H21N3O4. The Bertz CT molecular complexity index is 792. The maximum absolute atomic E-state index is 12.6. The van der Waals surface area contributed by atoms with Crippen LogP contribution in [0.2, 0.25) is 0 Å². The molecule has 2 unspecified atom stereocenters. The summed E-state index contributed by atoms with van der Waals surface area (Å²) in [5.41, 5.74) is 3.01. The number of carbonyl (C=O) groups is 2. The molecule has 7 heteroatoms. The number of aliphatic carboxylic acids is 1. The number of ether oxygens (including phenoxy) is 1. The van der Waals surface area contributed by atoms with Gasteiger partial charge in [-0.2, -0.15) is 0 Å². The molecule has 0 spiro atoms. The molecule has 2 atom stereocenters. The van der Waals surface area contributed by atoms with Crippen molar-refractivity contribution in [3.63, 3.8) is 0 Å². The Morgan fingerprint density at radius 2 is 2.12 bits per heavy atom. The van der Waals surface area contributed by atoms with E-state index in [0.29, 0.717) is 12.2 Å². The van der Waals surface area contributed by atoms with Gasteiger partial charge in [-0.3, -0.25) is 4.79 Å². The molecule has 0 aliphatic heterocycles. The molecule has 3 rings (SSSR count). The quantitative estimate of drug-likeness (QED) is 0.821. The van der Waals surface area contributed by atoms with E-state index in [1.165, 1.54) is 0 Å². The average molecular weight is 355 g/mol. The van der Waals surface area contributed by atoms with Crippen molar-refractivity contribution >= 4 is 11.9 Å². The van der Waals surface area contributed by atoms with E-state index in [1.807, 2.05) is 19.1 Å². The first-order valence-corrected chi connectivity index (χ1v) is 8.55. The van der Waals surface area contributed by atoms with Gasteiger partial charge in [-0.25, -0.2) is 14.8 Å². The van der Waals surface area contributed by atoms with Crippen LogP contribution in [0.3, 0.4) is 0 Å². The fraction of sp³-hybridized carbons (Fsp3) is 0.368. The first kappa shape index (κ1) is 17.8. The maximum Gasteiger partial charge on any atom is 0.341 e. The number of benzene rings is 1. The normalized spacial score (nSPS) is 17.0. The molecule has 1 heterocycles. The smallest absolute Gasteiger partial charge is 0.341 e. The van der Waals surface area contributed by atoms with Gasteiger partial charge in [0.25, 0.3) is 0 Å². The third-order valence-electron chi connectivity index (χ3n) is 4.55. The summed E-state index contributed by atoms with van der Waals surface area (Å²) in [7, 11) is 0. The molecule has 1 aromatic carbocycles. The van der Waals surface area contributed by atoms with Crippen molar-refractivity contribution in [3.05, 3.63) is 53.6 Å². The fourth-order valence-electron chi connectivity index (χ4n) is 3.09. The minimum Gasteiger partial charge on any atom is -0.482 e. The number of amides is 1. The molecule has 2 aromatic rings. The van der Waals surface area contributed by atoms with Crippen LogP contribution in [0.4, 0.5) is 0 Å². The summed E-state index contributed by atoms with van der Waals surface area (Å²) in [5, 5.41) is 11.7. The second-order valence-corrected chi connectivity index (χ2v) is 6.42. The zero-order chi connectivity index (χ0) is 18.5. The molecule has 1 amide bonds. The second-order valence-electron chi connectivity index (χ2n) is 6.42. The van der Waals surface area contributed by atoms with Gasteiger partial charge in [0.05, 0.1) is 6.04 Å². The summed E-state index contributed by atoms with van der Waals surface area (Å²) in [6.45, 7) is 1.55. The molecule has 1 aliphatic rings. The molecule has 0 fully saturated rings. The topological polar surface area (TPSA) is 101 Å². The first-order valence-electron chi connectivity index (χ1n) is 8.55. The maximum atomic E-state index is 12.6. The van der Waals surface area contributed by atoms with Gasteiger partial charge in [0, 0.05) is 17.8 Å². The Hall–Kier alpha value is -2.96. The molecule has 26 heavy (non-hydrogen) atoms. The number of carboxylic acids is 1. The predicted octanol–water partition coefficient (Wildman–Crippen LogP) is 1.92. The number of rotatable bonds is 6. The minimum atomic E-state index is -1.02. The lowest BCUT2D eigenvalue weighted by Crippen LogP contribution is -2.35. The van der Waals surface area contributed by atoms with Gasteiger partial charge in [0.15, 0.2) is 6.61 Å². The van der Waals surface area contributed by atoms with Crippen LogP contribution in [0.15, 0.2) is 36.8 Å². The van der Waals surface area contributed by atoms with E-state index in [1.54, 1.807) is 24.7 Å². The van der Waals surface area contributed by atoms with Gasteiger partial charge < -0.3 is 15.2 Å². The largest absolute Gasteiger partial charge is 0.482 e. The van der Waals surface area contributed by atoms with Gasteiger partial charge in [-0.1, -0.05) is 12.1 Å². The zero-order valence-corrected chi connectivity index (χ0v) is 14.5. The minimum absolute atomic E-state index is 0.0261. The highest BCUT2D eigenvalue weighted by Gasteiger charge is 2.26. The molecule has 0 bridgehead atoms. The van der Waals surface area contributed by atoms with Crippen LogP contribution >= 0.6 is 0 Å². The number of carboxylic acid groups (broad SMARTS) is 1. The van der Waals surface area contributed by atoms with Crippen LogP contribution in [-0.2, 0) is 22.4 Å². The SMILES string of the molecule is CC(NC(=O)C1CCc2ncncc2C1)c1ccc(OCC(=O)O)cc1. The van der Waals surface area contributed by atoms with E-state index in [4.69, 9.17) is 9.84 Å². The van der Waals surface area contributed by atoms with Crippen LogP contribution in [0.1, 0.15) is 36.2 Å². The average Bonchev–Trinajstić information content (AvgIpc) is 2.66. The predicted molar refractivity (Wildman–Crippen MR) is 93.7 cm³/mol. The van der Waals surface area contributed by atoms with Crippen molar-refractivity contribution in [2.45, 2.75) is 32.2 Å². The Morgan fingerprint density at radius 3 is 2.85 bits per heavy atom. The molecule has 136 valence electrons. The molecule has 7 nitrogen and oxygen atoms in total. The highest BCUT2D eigenvalue weighted by atomic mass is 16.5. The van der Waals surface area contributed by atoms with E-state index in [2.05, 4.69) is 15.3 Å². The zero-order valence-electron chi connectivity index (χ0n) is 14.5. The fourth-order valence-corrected chi connectivity index (χ4v) is 3.09. The first-order chi connectivity index (χ1) is 12.5. The van der Waals surface area contributed by atoms with Crippen LogP contribution in [0.25, 0.3) is 0 Å². The van der Waals surface area contributed by atoms with E-state index >= 15 is 0 Å². The van der Waals surface area contributed by atoms with Crippen molar-refractivity contribution in [2.75, 3.05) is 6.61 Å². The molecule has 0 radical (unpaired) electrons. The van der Waals surface area contributed by atoms with E-state index in [9.17, 15) is 9.59 Å². The second kappa shape index (κ2) is 7.95. The molecular weight excluding hydrogens is 334 g/mol. The van der Waals surface area contributed by atoms with Gasteiger partial charge >= 0.3 is 5.97 Å². The number of nitrogens with zero attached hydrogens (tertiary/aromatic N) is 2. The lowest BCUT2D eigenvalue weighted by Gasteiger charge is -2.24. The number of fused-ring (bicyclic) bond motifs is 1. The highest BCUT2D eigenvalue weighted by Crippen LogP contribution is 2.25. The molecule has 0 saturated heterocycles. The monoisotopic (exact) mass is 355 g/mol. The van der Waals surface area contributed by atoms with Gasteiger partial charge in [0.2, 0.25) is 5.91 Å². The number of carbonyl (C=O) groups excluding carboxylic acids is 1. The van der Waals surface area contributed by atoms with Gasteiger partial charge in [0.1, 0.15) is 12.1 Å². The number of aromatic nitrogens is 2. The Labute approximate surface area is 151 Å². The van der Waals surface area contributed by atoms with Crippen LogP contribution in [0.5, 0.6) is 5.75 Å². The van der Waals surface area contributed by atoms with Crippen molar-refractivity contribution < 1.29 is 19.4 Å². The summed E-state index contributed by atoms with van der Waals surface area (Å²) in [6, 6.07) is 6.91. The molecule has 2 N–H and O–H groups in total. The summed E-state index contributed by atoms with van der Waals surface area (Å²) < 4.78 is 5.11. The summed E-state index contributed by atoms with van der Waals surface area (Å²) >= 11 is 0. The third kappa shape index (κ3) is 4.36. The Morgan fingerprint density at radius 1 is 1.35 bits per heavy atom. The summed E-state index contributed by atoms with van der Waals surface area (Å²) in [5.74, 6) is -0.583. The standard InChI is InChI=1S/C19H21N3O4/c1-12(13-2-5-16(6-3-13)26-10-18(23)24)22-19(25)14-4-7-17-15(8-14)9-20-11-21-17/h2-3,5-6,9,11-12,14H,4,7-8,10H2,1H3,(H,22,25)(H,23,24). The van der Waals surface area contributed by atoms with Crippen molar-refractivity contribution in [1.82, 2.24) is 15.3 Å². The van der Waals surface area contributed by atoms with Gasteiger partial charge in [-0.05, 0) is 49.4 Å². The molecule has 0 saturated carbocycles. The van der Waals surface area contributed by atoms with Crippen LogP contribution in [0, 0.1) is 5.92 Å². The molecule has 1 aliphatic carbocycles. The Kier molecular flexibility index (Phi) is 5.46. The third-order valence-corrected chi connectivity index (χ3v) is 4.55. The van der Waals surface area contributed by atoms with Crippen LogP contribution in [-0.4, -0.2) is 33.6 Å². The summed E-state index contributed by atoms with van der Waals surface area (Å²) in [6.07, 6.45) is 5.58. The lowest BCUT2D eigenvalue weighted by atomic mass is 9.86. The number of hydrogen-bond acceptors (Lipinski definition) is 5. The van der Waals surface area contributed by atoms with Gasteiger partial charge in [-0.15, -0.1) is 0 Å². The van der Waals surface area contributed by atoms with E-state index in [-0.39, 0.29) is 24.5 Å². The highest BCUT2D eigenvalue weighted by molar-refractivity contribution is 5.79. The summed E-state index contributed by atoms with van der Waals surface area (Å²) in [4.78, 5) is 31.4. The van der Waals surface area contributed by atoms with E-state index < -0.39 is 5.97 Å². The number of aryl methyl sites for hydroxylation is 1. The number of nitrogens with one attached hydrogen (secondary N) is 1.